The average molecular weight is 279 g/mol. The van der Waals surface area contributed by atoms with E-state index in [-0.39, 0.29) is 16.0 Å². The van der Waals surface area contributed by atoms with Crippen LogP contribution in [-0.2, 0) is 12.7 Å². The lowest BCUT2D eigenvalue weighted by Gasteiger charge is -2.00. The fourth-order valence-corrected chi connectivity index (χ4v) is 2.08. The molecule has 1 N–H and O–H groups in total. The maximum atomic E-state index is 13.7. The molecule has 1 aromatic heterocycles. The lowest BCUT2D eigenvalue weighted by atomic mass is 10.2. The predicted molar refractivity (Wildman–Crippen MR) is 51.6 cm³/mol. The Kier molecular flexibility index (Phi) is 2.22. The number of hydrogen-bond donors (Lipinski definition) is 1. The van der Waals surface area contributed by atoms with Crippen LogP contribution < -0.4 is 4.74 Å². The molecule has 5 nitrogen and oxygen atoms in total. The summed E-state index contributed by atoms with van der Waals surface area (Å²) in [6.45, 7) is 0. The summed E-state index contributed by atoms with van der Waals surface area (Å²) in [6.07, 6.45) is -0.626. The van der Waals surface area contributed by atoms with E-state index in [1.54, 1.807) is 0 Å². The zero-order valence-corrected chi connectivity index (χ0v) is 9.41. The Labute approximate surface area is 93.0 Å². The summed E-state index contributed by atoms with van der Waals surface area (Å²) in [5.74, 6) is 0.00132. The minimum Gasteiger partial charge on any atom is -0.449 e. The molecule has 15 heavy (non-hydrogen) atoms. The largest absolute Gasteiger partial charge is 0.512 e. The highest BCUT2D eigenvalue weighted by molar-refractivity contribution is 9.10. The van der Waals surface area contributed by atoms with Crippen LogP contribution in [0.2, 0.25) is 0 Å². The van der Waals surface area contributed by atoms with Gasteiger partial charge in [-0.1, -0.05) is 0 Å². The molecule has 1 aliphatic carbocycles. The van der Waals surface area contributed by atoms with E-state index < -0.39 is 11.8 Å². The summed E-state index contributed by atoms with van der Waals surface area (Å²) < 4.78 is 19.7. The van der Waals surface area contributed by atoms with Gasteiger partial charge in [-0.2, -0.15) is 5.10 Å². The Hall–Kier alpha value is -1.11. The van der Waals surface area contributed by atoms with Crippen molar-refractivity contribution < 1.29 is 19.0 Å². The number of nitrogens with zero attached hydrogens (tertiary/aromatic N) is 2. The fourth-order valence-electron chi connectivity index (χ4n) is 1.31. The molecule has 1 aliphatic rings. The molecule has 0 spiro atoms. The number of halogens is 2. The molecular formula is C8H8BrFN2O3. The number of rotatable bonds is 2. The summed E-state index contributed by atoms with van der Waals surface area (Å²) in [5, 5.41) is 12.4. The van der Waals surface area contributed by atoms with Gasteiger partial charge in [0.1, 0.15) is 10.2 Å². The second kappa shape index (κ2) is 3.19. The first kappa shape index (κ1) is 10.4. The number of carboxylic acid groups (broad SMARTS) is 1. The maximum Gasteiger partial charge on any atom is 0.512 e. The van der Waals surface area contributed by atoms with Gasteiger partial charge in [0.25, 0.3) is 0 Å². The van der Waals surface area contributed by atoms with Gasteiger partial charge in [0.05, 0.1) is 0 Å². The van der Waals surface area contributed by atoms with Crippen molar-refractivity contribution in [1.29, 1.82) is 0 Å². The Balaban J connectivity index is 2.39. The van der Waals surface area contributed by atoms with Crippen molar-refractivity contribution in [3.05, 3.63) is 10.2 Å². The van der Waals surface area contributed by atoms with Gasteiger partial charge in [0.15, 0.2) is 5.67 Å². The Morgan fingerprint density at radius 2 is 2.33 bits per heavy atom. The molecule has 0 unspecified atom stereocenters. The lowest BCUT2D eigenvalue weighted by molar-refractivity contribution is 0.140. The number of aryl methyl sites for hydroxylation is 1. The van der Waals surface area contributed by atoms with Gasteiger partial charge in [-0.05, 0) is 28.8 Å². The molecule has 1 fully saturated rings. The topological polar surface area (TPSA) is 64.4 Å². The molecule has 0 amide bonds. The van der Waals surface area contributed by atoms with Gasteiger partial charge in [0.2, 0.25) is 5.88 Å². The van der Waals surface area contributed by atoms with Crippen molar-refractivity contribution in [3.8, 4) is 5.88 Å². The average Bonchev–Trinajstić information content (AvgIpc) is 2.82. The first-order valence-electron chi connectivity index (χ1n) is 4.27. The number of ether oxygens (including phenoxy) is 1. The highest BCUT2D eigenvalue weighted by atomic mass is 79.9. The molecular weight excluding hydrogens is 271 g/mol. The van der Waals surface area contributed by atoms with Crippen molar-refractivity contribution in [2.75, 3.05) is 0 Å². The van der Waals surface area contributed by atoms with Crippen LogP contribution in [0.4, 0.5) is 9.18 Å². The second-order valence-corrected chi connectivity index (χ2v) is 4.22. The van der Waals surface area contributed by atoms with Gasteiger partial charge in [0, 0.05) is 7.05 Å². The quantitative estimate of drug-likeness (QED) is 0.843. The molecule has 2 rings (SSSR count). The molecule has 0 aromatic carbocycles. The molecule has 0 bridgehead atoms. The van der Waals surface area contributed by atoms with Crippen molar-refractivity contribution in [2.45, 2.75) is 18.5 Å². The molecule has 1 aromatic rings. The van der Waals surface area contributed by atoms with E-state index >= 15 is 0 Å². The number of hydrogen-bond acceptors (Lipinski definition) is 3. The number of aromatic nitrogens is 2. The molecule has 7 heteroatoms. The minimum atomic E-state index is -1.45. The molecule has 0 saturated heterocycles. The summed E-state index contributed by atoms with van der Waals surface area (Å²) in [4.78, 5) is 10.4. The van der Waals surface area contributed by atoms with Crippen molar-refractivity contribution in [2.24, 2.45) is 7.05 Å². The van der Waals surface area contributed by atoms with E-state index in [0.29, 0.717) is 12.8 Å². The second-order valence-electron chi connectivity index (χ2n) is 3.42. The zero-order valence-electron chi connectivity index (χ0n) is 7.83. The minimum absolute atomic E-state index is 0.00132. The van der Waals surface area contributed by atoms with Crippen LogP contribution in [-0.4, -0.2) is 21.0 Å². The molecule has 0 aliphatic heterocycles. The third-order valence-electron chi connectivity index (χ3n) is 2.24. The van der Waals surface area contributed by atoms with E-state index in [1.165, 1.54) is 11.7 Å². The molecule has 1 saturated carbocycles. The van der Waals surface area contributed by atoms with Crippen LogP contribution in [0.1, 0.15) is 18.5 Å². The zero-order chi connectivity index (χ0) is 11.2. The van der Waals surface area contributed by atoms with E-state index in [9.17, 15) is 9.18 Å². The van der Waals surface area contributed by atoms with Gasteiger partial charge in [-0.15, -0.1) is 0 Å². The highest BCUT2D eigenvalue weighted by Gasteiger charge is 2.49. The van der Waals surface area contributed by atoms with Crippen LogP contribution in [0.5, 0.6) is 5.88 Å². The molecule has 1 heterocycles. The van der Waals surface area contributed by atoms with E-state index in [2.05, 4.69) is 25.8 Å². The third-order valence-corrected chi connectivity index (χ3v) is 2.95. The Bertz CT molecular complexity index is 428. The van der Waals surface area contributed by atoms with E-state index in [4.69, 9.17) is 5.11 Å². The van der Waals surface area contributed by atoms with Crippen LogP contribution in [0, 0.1) is 0 Å². The van der Waals surface area contributed by atoms with Crippen molar-refractivity contribution in [1.82, 2.24) is 9.78 Å². The van der Waals surface area contributed by atoms with Crippen LogP contribution in [0.15, 0.2) is 4.47 Å². The van der Waals surface area contributed by atoms with Crippen LogP contribution in [0.25, 0.3) is 0 Å². The van der Waals surface area contributed by atoms with Gasteiger partial charge in [-0.3, -0.25) is 0 Å². The monoisotopic (exact) mass is 278 g/mol. The highest BCUT2D eigenvalue weighted by Crippen LogP contribution is 2.52. The summed E-state index contributed by atoms with van der Waals surface area (Å²) in [6, 6.07) is 0. The Morgan fingerprint density at radius 1 is 1.73 bits per heavy atom. The molecule has 0 atom stereocenters. The van der Waals surface area contributed by atoms with E-state index in [0.717, 1.165) is 0 Å². The molecule has 82 valence electrons. The first-order valence-corrected chi connectivity index (χ1v) is 5.06. The number of alkyl halides is 1. The van der Waals surface area contributed by atoms with Gasteiger partial charge >= 0.3 is 6.16 Å². The Morgan fingerprint density at radius 3 is 2.80 bits per heavy atom. The first-order chi connectivity index (χ1) is 6.94. The van der Waals surface area contributed by atoms with Gasteiger partial charge < -0.3 is 9.84 Å². The lowest BCUT2D eigenvalue weighted by Crippen LogP contribution is -2.07. The smallest absolute Gasteiger partial charge is 0.449 e. The number of carbonyl (C=O) groups is 1. The summed E-state index contributed by atoms with van der Waals surface area (Å²) in [5.41, 5.74) is -1.21. The normalized spacial score (nSPS) is 17.5. The fraction of sp³-hybridized carbons (Fsp3) is 0.500. The third kappa shape index (κ3) is 1.71. The summed E-state index contributed by atoms with van der Waals surface area (Å²) in [7, 11) is 1.50. The van der Waals surface area contributed by atoms with Crippen LogP contribution in [0.3, 0.4) is 0 Å². The molecule has 0 radical (unpaired) electrons. The standard InChI is InChI=1S/C8H8BrFN2O3/c1-12-6(15-7(13)14)4(9)5(11-12)8(10)2-3-8/h2-3H2,1H3,(H,13,14). The summed E-state index contributed by atoms with van der Waals surface area (Å²) >= 11 is 3.09. The predicted octanol–water partition coefficient (Wildman–Crippen LogP) is 2.20. The van der Waals surface area contributed by atoms with E-state index in [1.807, 2.05) is 0 Å². The van der Waals surface area contributed by atoms with Gasteiger partial charge in [-0.25, -0.2) is 13.9 Å². The SMILES string of the molecule is Cn1nc(C2(F)CC2)c(Br)c1OC(=O)O. The van der Waals surface area contributed by atoms with Crippen molar-refractivity contribution in [3.63, 3.8) is 0 Å². The van der Waals surface area contributed by atoms with Crippen LogP contribution >= 0.6 is 15.9 Å². The van der Waals surface area contributed by atoms with Crippen molar-refractivity contribution >= 4 is 22.1 Å². The maximum absolute atomic E-state index is 13.7.